The van der Waals surface area contributed by atoms with Crippen molar-refractivity contribution < 1.29 is 13.2 Å². The first-order chi connectivity index (χ1) is 8.92. The van der Waals surface area contributed by atoms with Gasteiger partial charge in [-0.05, 0) is 31.0 Å². The van der Waals surface area contributed by atoms with Gasteiger partial charge in [0, 0.05) is 19.2 Å². The van der Waals surface area contributed by atoms with Crippen LogP contribution < -0.4 is 10.0 Å². The van der Waals surface area contributed by atoms with Gasteiger partial charge in [0.25, 0.3) is 5.91 Å². The van der Waals surface area contributed by atoms with Crippen molar-refractivity contribution >= 4 is 15.9 Å². The standard InChI is InChI=1S/C13H20N2O3S/c1-4-5-8-15-19(17,18)11-7-6-10(2)12(9-11)13(16)14-3/h6-7,9,15H,4-5,8H2,1-3H3,(H,14,16). The van der Waals surface area contributed by atoms with E-state index in [0.29, 0.717) is 12.1 Å². The van der Waals surface area contributed by atoms with Crippen LogP contribution in [0.4, 0.5) is 0 Å². The van der Waals surface area contributed by atoms with Crippen molar-refractivity contribution in [3.8, 4) is 0 Å². The molecule has 0 saturated carbocycles. The lowest BCUT2D eigenvalue weighted by molar-refractivity contribution is 0.0962. The van der Waals surface area contributed by atoms with Crippen molar-refractivity contribution in [1.82, 2.24) is 10.0 Å². The molecule has 0 aliphatic carbocycles. The maximum atomic E-state index is 12.0. The molecule has 0 radical (unpaired) electrons. The summed E-state index contributed by atoms with van der Waals surface area (Å²) < 4.78 is 26.6. The van der Waals surface area contributed by atoms with Gasteiger partial charge in [0.05, 0.1) is 4.90 Å². The van der Waals surface area contributed by atoms with Crippen LogP contribution in [0.3, 0.4) is 0 Å². The molecule has 0 saturated heterocycles. The molecule has 1 aromatic carbocycles. The van der Waals surface area contributed by atoms with E-state index >= 15 is 0 Å². The summed E-state index contributed by atoms with van der Waals surface area (Å²) in [7, 11) is -2.03. The molecule has 2 N–H and O–H groups in total. The molecule has 0 aromatic heterocycles. The van der Waals surface area contributed by atoms with Gasteiger partial charge in [-0.1, -0.05) is 19.4 Å². The highest BCUT2D eigenvalue weighted by Crippen LogP contribution is 2.15. The second-order valence-electron chi connectivity index (χ2n) is 4.31. The van der Waals surface area contributed by atoms with Crippen molar-refractivity contribution in [2.45, 2.75) is 31.6 Å². The van der Waals surface area contributed by atoms with E-state index in [2.05, 4.69) is 10.0 Å². The normalized spacial score (nSPS) is 11.3. The summed E-state index contributed by atoms with van der Waals surface area (Å²) in [5, 5.41) is 2.50. The van der Waals surface area contributed by atoms with E-state index in [9.17, 15) is 13.2 Å². The predicted molar refractivity (Wildman–Crippen MR) is 74.7 cm³/mol. The van der Waals surface area contributed by atoms with Gasteiger partial charge >= 0.3 is 0 Å². The lowest BCUT2D eigenvalue weighted by atomic mass is 10.1. The van der Waals surface area contributed by atoms with Gasteiger partial charge in [0.2, 0.25) is 10.0 Å². The highest BCUT2D eigenvalue weighted by Gasteiger charge is 2.16. The molecule has 1 aromatic rings. The zero-order valence-corrected chi connectivity index (χ0v) is 12.3. The fourth-order valence-electron chi connectivity index (χ4n) is 1.61. The Balaban J connectivity index is 3.04. The number of unbranched alkanes of at least 4 members (excludes halogenated alkanes) is 1. The van der Waals surface area contributed by atoms with Gasteiger partial charge in [-0.3, -0.25) is 4.79 Å². The number of nitrogens with one attached hydrogen (secondary N) is 2. The Bertz CT molecular complexity index is 553. The SMILES string of the molecule is CCCCNS(=O)(=O)c1ccc(C)c(C(=O)NC)c1. The van der Waals surface area contributed by atoms with Gasteiger partial charge in [0.15, 0.2) is 0 Å². The lowest BCUT2D eigenvalue weighted by Gasteiger charge is -2.09. The number of aryl methyl sites for hydroxylation is 1. The highest BCUT2D eigenvalue weighted by atomic mass is 32.2. The highest BCUT2D eigenvalue weighted by molar-refractivity contribution is 7.89. The second kappa shape index (κ2) is 6.68. The van der Waals surface area contributed by atoms with E-state index in [1.165, 1.54) is 19.2 Å². The molecule has 0 aliphatic rings. The largest absolute Gasteiger partial charge is 0.355 e. The third kappa shape index (κ3) is 4.04. The van der Waals surface area contributed by atoms with E-state index in [4.69, 9.17) is 0 Å². The summed E-state index contributed by atoms with van der Waals surface area (Å²) in [5.74, 6) is -0.289. The summed E-state index contributed by atoms with van der Waals surface area (Å²) in [6, 6.07) is 4.55. The van der Waals surface area contributed by atoms with E-state index < -0.39 is 10.0 Å². The summed E-state index contributed by atoms with van der Waals surface area (Å²) in [4.78, 5) is 11.8. The minimum Gasteiger partial charge on any atom is -0.355 e. The average molecular weight is 284 g/mol. The minimum absolute atomic E-state index is 0.118. The molecular weight excluding hydrogens is 264 g/mol. The Labute approximate surface area is 114 Å². The molecule has 0 fully saturated rings. The predicted octanol–water partition coefficient (Wildman–Crippen LogP) is 1.43. The monoisotopic (exact) mass is 284 g/mol. The summed E-state index contributed by atoms with van der Waals surface area (Å²) in [6.07, 6.45) is 1.70. The van der Waals surface area contributed by atoms with Crippen molar-refractivity contribution in [3.05, 3.63) is 29.3 Å². The topological polar surface area (TPSA) is 75.3 Å². The third-order valence-electron chi connectivity index (χ3n) is 2.81. The number of carbonyl (C=O) groups is 1. The molecule has 0 unspecified atom stereocenters. The molecule has 0 spiro atoms. The molecule has 1 amide bonds. The lowest BCUT2D eigenvalue weighted by Crippen LogP contribution is -2.26. The Morgan fingerprint density at radius 1 is 1.32 bits per heavy atom. The van der Waals surface area contributed by atoms with Crippen molar-refractivity contribution in [3.63, 3.8) is 0 Å². The number of hydrogen-bond acceptors (Lipinski definition) is 3. The first kappa shape index (κ1) is 15.7. The summed E-state index contributed by atoms with van der Waals surface area (Å²) >= 11 is 0. The molecule has 6 heteroatoms. The Hall–Kier alpha value is -1.40. The summed E-state index contributed by atoms with van der Waals surface area (Å²) in [6.45, 7) is 4.16. The van der Waals surface area contributed by atoms with Crippen LogP contribution in [0.1, 0.15) is 35.7 Å². The Kier molecular flexibility index (Phi) is 5.50. The first-order valence-electron chi connectivity index (χ1n) is 6.24. The van der Waals surface area contributed by atoms with Crippen LogP contribution in [-0.2, 0) is 10.0 Å². The molecule has 0 atom stereocenters. The number of benzene rings is 1. The van der Waals surface area contributed by atoms with Crippen molar-refractivity contribution in [2.24, 2.45) is 0 Å². The number of carbonyl (C=O) groups excluding carboxylic acids is 1. The van der Waals surface area contributed by atoms with Gasteiger partial charge in [-0.15, -0.1) is 0 Å². The molecular formula is C13H20N2O3S. The molecule has 19 heavy (non-hydrogen) atoms. The number of hydrogen-bond donors (Lipinski definition) is 2. The smallest absolute Gasteiger partial charge is 0.251 e. The molecule has 0 bridgehead atoms. The van der Waals surface area contributed by atoms with Crippen LogP contribution in [-0.4, -0.2) is 27.9 Å². The molecule has 106 valence electrons. The van der Waals surface area contributed by atoms with Crippen LogP contribution in [0.15, 0.2) is 23.1 Å². The number of amides is 1. The van der Waals surface area contributed by atoms with Crippen LogP contribution >= 0.6 is 0 Å². The third-order valence-corrected chi connectivity index (χ3v) is 4.27. The van der Waals surface area contributed by atoms with Gasteiger partial charge in [-0.2, -0.15) is 0 Å². The fourth-order valence-corrected chi connectivity index (χ4v) is 2.71. The number of sulfonamides is 1. The van der Waals surface area contributed by atoms with E-state index in [-0.39, 0.29) is 10.8 Å². The fraction of sp³-hybridized carbons (Fsp3) is 0.462. The minimum atomic E-state index is -3.54. The quantitative estimate of drug-likeness (QED) is 0.776. The second-order valence-corrected chi connectivity index (χ2v) is 6.07. The summed E-state index contributed by atoms with van der Waals surface area (Å²) in [5.41, 5.74) is 1.12. The van der Waals surface area contributed by atoms with E-state index in [0.717, 1.165) is 18.4 Å². The zero-order valence-electron chi connectivity index (χ0n) is 11.5. The van der Waals surface area contributed by atoms with E-state index in [1.807, 2.05) is 6.92 Å². The maximum Gasteiger partial charge on any atom is 0.251 e. The maximum absolute atomic E-state index is 12.0. The van der Waals surface area contributed by atoms with E-state index in [1.54, 1.807) is 13.0 Å². The van der Waals surface area contributed by atoms with Gasteiger partial charge in [0.1, 0.15) is 0 Å². The van der Waals surface area contributed by atoms with Crippen LogP contribution in [0.5, 0.6) is 0 Å². The van der Waals surface area contributed by atoms with Crippen LogP contribution in [0.2, 0.25) is 0 Å². The van der Waals surface area contributed by atoms with Gasteiger partial charge < -0.3 is 5.32 Å². The Morgan fingerprint density at radius 2 is 2.00 bits per heavy atom. The first-order valence-corrected chi connectivity index (χ1v) is 7.73. The average Bonchev–Trinajstić information content (AvgIpc) is 2.38. The zero-order chi connectivity index (χ0) is 14.5. The van der Waals surface area contributed by atoms with Gasteiger partial charge in [-0.25, -0.2) is 13.1 Å². The molecule has 0 aliphatic heterocycles. The molecule has 5 nitrogen and oxygen atoms in total. The molecule has 1 rings (SSSR count). The van der Waals surface area contributed by atoms with Crippen LogP contribution in [0, 0.1) is 6.92 Å². The van der Waals surface area contributed by atoms with Crippen molar-refractivity contribution in [2.75, 3.05) is 13.6 Å². The number of rotatable bonds is 6. The van der Waals surface area contributed by atoms with Crippen molar-refractivity contribution in [1.29, 1.82) is 0 Å². The Morgan fingerprint density at radius 3 is 2.58 bits per heavy atom. The molecule has 0 heterocycles. The van der Waals surface area contributed by atoms with Crippen LogP contribution in [0.25, 0.3) is 0 Å².